The van der Waals surface area contributed by atoms with Crippen LogP contribution in [0.15, 0.2) is 29.1 Å². The summed E-state index contributed by atoms with van der Waals surface area (Å²) in [6.45, 7) is 6.42. The number of rotatable bonds is 4. The molecule has 1 aromatic heterocycles. The number of primary amides is 1. The van der Waals surface area contributed by atoms with Crippen LogP contribution in [0.3, 0.4) is 0 Å². The van der Waals surface area contributed by atoms with Crippen molar-refractivity contribution in [1.82, 2.24) is 15.1 Å². The summed E-state index contributed by atoms with van der Waals surface area (Å²) < 4.78 is 0. The third-order valence-electron chi connectivity index (χ3n) is 3.43. The van der Waals surface area contributed by atoms with E-state index in [9.17, 15) is 9.59 Å². The predicted octanol–water partition coefficient (Wildman–Crippen LogP) is 2.02. The molecule has 0 saturated heterocycles. The van der Waals surface area contributed by atoms with Gasteiger partial charge in [0.15, 0.2) is 0 Å². The first kappa shape index (κ1) is 15.0. The smallest absolute Gasteiger partial charge is 0.315 e. The second kappa shape index (κ2) is 5.95. The third-order valence-corrected chi connectivity index (χ3v) is 3.43. The van der Waals surface area contributed by atoms with Crippen molar-refractivity contribution in [2.45, 2.75) is 26.8 Å². The summed E-state index contributed by atoms with van der Waals surface area (Å²) >= 11 is 0. The highest BCUT2D eigenvalue weighted by Crippen LogP contribution is 2.24. The number of carbonyl (C=O) groups is 1. The number of benzene rings is 1. The van der Waals surface area contributed by atoms with Gasteiger partial charge in [-0.05, 0) is 18.9 Å². The van der Waals surface area contributed by atoms with Crippen LogP contribution in [0.2, 0.25) is 0 Å². The normalized spacial score (nSPS) is 12.6. The summed E-state index contributed by atoms with van der Waals surface area (Å²) in [5.74, 6) is 0.286. The number of urea groups is 1. The molecule has 2 aromatic rings. The lowest BCUT2D eigenvalue weighted by Gasteiger charge is -2.29. The van der Waals surface area contributed by atoms with E-state index in [0.29, 0.717) is 17.6 Å². The van der Waals surface area contributed by atoms with Gasteiger partial charge in [-0.1, -0.05) is 32.0 Å². The van der Waals surface area contributed by atoms with Gasteiger partial charge in [0.25, 0.3) is 5.56 Å². The Labute approximate surface area is 122 Å². The quantitative estimate of drug-likeness (QED) is 0.901. The molecule has 3 N–H and O–H groups in total. The average Bonchev–Trinajstić information content (AvgIpc) is 2.44. The van der Waals surface area contributed by atoms with Crippen LogP contribution in [-0.4, -0.2) is 27.7 Å². The van der Waals surface area contributed by atoms with Gasteiger partial charge in [-0.2, -0.15) is 5.10 Å². The summed E-state index contributed by atoms with van der Waals surface area (Å²) in [4.78, 5) is 25.1. The fourth-order valence-corrected chi connectivity index (χ4v) is 2.43. The van der Waals surface area contributed by atoms with Crippen LogP contribution in [0.4, 0.5) is 4.79 Å². The number of hydrogen-bond donors (Lipinski definition) is 2. The molecule has 0 radical (unpaired) electrons. The number of amides is 2. The molecule has 0 spiro atoms. The molecule has 21 heavy (non-hydrogen) atoms. The molecule has 1 atom stereocenters. The van der Waals surface area contributed by atoms with Crippen LogP contribution in [0.1, 0.15) is 32.5 Å². The number of carbonyl (C=O) groups excluding carboxylic acids is 1. The number of fused-ring (bicyclic) bond motifs is 1. The molecule has 1 heterocycles. The van der Waals surface area contributed by atoms with Gasteiger partial charge in [-0.3, -0.25) is 4.79 Å². The lowest BCUT2D eigenvalue weighted by Crippen LogP contribution is -2.40. The summed E-state index contributed by atoms with van der Waals surface area (Å²) in [6.07, 6.45) is 0. The Hall–Kier alpha value is -2.37. The van der Waals surface area contributed by atoms with E-state index in [0.717, 1.165) is 5.39 Å². The van der Waals surface area contributed by atoms with Crippen molar-refractivity contribution < 1.29 is 4.79 Å². The molecule has 0 saturated carbocycles. The Morgan fingerprint density at radius 3 is 2.48 bits per heavy atom. The minimum atomic E-state index is -0.492. The summed E-state index contributed by atoms with van der Waals surface area (Å²) in [6, 6.07) is 6.41. The highest BCUT2D eigenvalue weighted by Gasteiger charge is 2.23. The summed E-state index contributed by atoms with van der Waals surface area (Å²) in [5.41, 5.74) is 5.89. The average molecular weight is 288 g/mol. The van der Waals surface area contributed by atoms with E-state index >= 15 is 0 Å². The van der Waals surface area contributed by atoms with E-state index in [1.54, 1.807) is 17.0 Å². The number of nitrogens with zero attached hydrogens (tertiary/aromatic N) is 2. The molecular formula is C15H20N4O2. The SMILES string of the molecule is CC(C)CN(C(N)=O)C(C)c1n[nH]c(=O)c2ccccc12. The minimum Gasteiger partial charge on any atom is -0.351 e. The molecule has 6 nitrogen and oxygen atoms in total. The topological polar surface area (TPSA) is 92.1 Å². The Morgan fingerprint density at radius 1 is 1.29 bits per heavy atom. The Morgan fingerprint density at radius 2 is 1.90 bits per heavy atom. The molecule has 1 unspecified atom stereocenters. The van der Waals surface area contributed by atoms with Gasteiger partial charge < -0.3 is 10.6 Å². The van der Waals surface area contributed by atoms with Crippen molar-refractivity contribution in [3.05, 3.63) is 40.3 Å². The lowest BCUT2D eigenvalue weighted by atomic mass is 10.0. The Bertz CT molecular complexity index is 708. The second-order valence-corrected chi connectivity index (χ2v) is 5.54. The van der Waals surface area contributed by atoms with Gasteiger partial charge in [0, 0.05) is 11.9 Å². The minimum absolute atomic E-state index is 0.240. The molecule has 112 valence electrons. The van der Waals surface area contributed by atoms with Gasteiger partial charge >= 0.3 is 6.03 Å². The van der Waals surface area contributed by atoms with Gasteiger partial charge in [0.05, 0.1) is 17.1 Å². The molecule has 0 fully saturated rings. The predicted molar refractivity (Wildman–Crippen MR) is 81.9 cm³/mol. The summed E-state index contributed by atoms with van der Waals surface area (Å²) in [5, 5.41) is 7.91. The molecule has 6 heteroatoms. The molecule has 0 aliphatic heterocycles. The van der Waals surface area contributed by atoms with Crippen molar-refractivity contribution in [3.8, 4) is 0 Å². The third kappa shape index (κ3) is 3.04. The van der Waals surface area contributed by atoms with E-state index in [1.165, 1.54) is 0 Å². The first-order valence-corrected chi connectivity index (χ1v) is 6.95. The second-order valence-electron chi connectivity index (χ2n) is 5.54. The zero-order valence-electron chi connectivity index (χ0n) is 12.5. The van der Waals surface area contributed by atoms with Crippen molar-refractivity contribution in [3.63, 3.8) is 0 Å². The van der Waals surface area contributed by atoms with E-state index in [1.807, 2.05) is 32.9 Å². The van der Waals surface area contributed by atoms with Crippen LogP contribution in [-0.2, 0) is 0 Å². The first-order chi connectivity index (χ1) is 9.91. The van der Waals surface area contributed by atoms with E-state index in [2.05, 4.69) is 10.2 Å². The molecule has 0 bridgehead atoms. The molecule has 0 aliphatic rings. The Kier molecular flexibility index (Phi) is 4.26. The van der Waals surface area contributed by atoms with E-state index in [4.69, 9.17) is 5.73 Å². The highest BCUT2D eigenvalue weighted by molar-refractivity contribution is 5.84. The van der Waals surface area contributed by atoms with E-state index < -0.39 is 6.03 Å². The van der Waals surface area contributed by atoms with Crippen LogP contribution in [0.5, 0.6) is 0 Å². The van der Waals surface area contributed by atoms with Gasteiger partial charge in [0.2, 0.25) is 0 Å². The zero-order chi connectivity index (χ0) is 15.6. The number of H-pyrrole nitrogens is 1. The molecule has 2 amide bonds. The fraction of sp³-hybridized carbons (Fsp3) is 0.400. The first-order valence-electron chi connectivity index (χ1n) is 6.95. The highest BCUT2D eigenvalue weighted by atomic mass is 16.2. The molecule has 2 rings (SSSR count). The van der Waals surface area contributed by atoms with Gasteiger partial charge in [0.1, 0.15) is 0 Å². The maximum atomic E-state index is 11.8. The largest absolute Gasteiger partial charge is 0.351 e. The molecule has 1 aromatic carbocycles. The van der Waals surface area contributed by atoms with Gasteiger partial charge in [-0.25, -0.2) is 9.89 Å². The standard InChI is InChI=1S/C15H20N4O2/c1-9(2)8-19(15(16)21)10(3)13-11-6-4-5-7-12(11)14(20)18-17-13/h4-7,9-10H,8H2,1-3H3,(H2,16,21)(H,18,20). The fourth-order valence-electron chi connectivity index (χ4n) is 2.43. The number of aromatic amines is 1. The zero-order valence-corrected chi connectivity index (χ0v) is 12.5. The van der Waals surface area contributed by atoms with E-state index in [-0.39, 0.29) is 17.5 Å². The maximum Gasteiger partial charge on any atom is 0.315 e. The number of nitrogens with one attached hydrogen (secondary N) is 1. The monoisotopic (exact) mass is 288 g/mol. The van der Waals surface area contributed by atoms with Crippen molar-refractivity contribution >= 4 is 16.8 Å². The number of aromatic nitrogens is 2. The Balaban J connectivity index is 2.52. The summed E-state index contributed by atoms with van der Waals surface area (Å²) in [7, 11) is 0. The van der Waals surface area contributed by atoms with Gasteiger partial charge in [-0.15, -0.1) is 0 Å². The lowest BCUT2D eigenvalue weighted by molar-refractivity contribution is 0.178. The van der Waals surface area contributed by atoms with Crippen molar-refractivity contribution in [2.24, 2.45) is 11.7 Å². The van der Waals surface area contributed by atoms with Crippen LogP contribution >= 0.6 is 0 Å². The van der Waals surface area contributed by atoms with Crippen LogP contribution in [0.25, 0.3) is 10.8 Å². The maximum absolute atomic E-state index is 11.8. The van der Waals surface area contributed by atoms with Crippen molar-refractivity contribution in [1.29, 1.82) is 0 Å². The molecular weight excluding hydrogens is 268 g/mol. The van der Waals surface area contributed by atoms with Crippen LogP contribution < -0.4 is 11.3 Å². The van der Waals surface area contributed by atoms with Crippen LogP contribution in [0, 0.1) is 5.92 Å². The number of nitrogens with two attached hydrogens (primary N) is 1. The van der Waals surface area contributed by atoms with Crippen molar-refractivity contribution in [2.75, 3.05) is 6.54 Å². The number of hydrogen-bond acceptors (Lipinski definition) is 3. The molecule has 0 aliphatic carbocycles.